The molecule has 3 unspecified atom stereocenters. The van der Waals surface area contributed by atoms with Gasteiger partial charge < -0.3 is 15.5 Å². The van der Waals surface area contributed by atoms with Crippen LogP contribution in [0.3, 0.4) is 0 Å². The molecule has 4 rings (SSSR count). The molecule has 3 heterocycles. The number of likely N-dealkylation sites (tertiary alicyclic amines) is 1. The highest BCUT2D eigenvalue weighted by Gasteiger charge is 2.38. The highest BCUT2D eigenvalue weighted by molar-refractivity contribution is 6.35. The normalized spacial score (nSPS) is 30.5. The Morgan fingerprint density at radius 1 is 1.04 bits per heavy atom. The molecule has 1 aromatic rings. The molecule has 3 aliphatic heterocycles. The van der Waals surface area contributed by atoms with E-state index in [1.54, 1.807) is 23.1 Å². The Bertz CT molecular complexity index is 694. The third kappa shape index (κ3) is 3.71. The molecule has 3 fully saturated rings. The molecule has 0 aliphatic carbocycles. The summed E-state index contributed by atoms with van der Waals surface area (Å²) in [7, 11) is 0. The smallest absolute Gasteiger partial charge is 0.254 e. The van der Waals surface area contributed by atoms with E-state index in [0.717, 1.165) is 19.3 Å². The van der Waals surface area contributed by atoms with Gasteiger partial charge in [-0.2, -0.15) is 0 Å². The van der Waals surface area contributed by atoms with E-state index in [-0.39, 0.29) is 17.9 Å². The third-order valence-electron chi connectivity index (χ3n) is 5.75. The molecule has 140 valence electrons. The molecule has 7 heteroatoms. The van der Waals surface area contributed by atoms with Gasteiger partial charge in [0.1, 0.15) is 6.04 Å². The molecule has 3 atom stereocenters. The van der Waals surface area contributed by atoms with Crippen molar-refractivity contribution in [2.45, 2.75) is 62.7 Å². The van der Waals surface area contributed by atoms with Crippen LogP contribution in [-0.2, 0) is 4.79 Å². The minimum Gasteiger partial charge on any atom is -0.351 e. The van der Waals surface area contributed by atoms with Crippen LogP contribution in [0.5, 0.6) is 0 Å². The van der Waals surface area contributed by atoms with E-state index in [2.05, 4.69) is 10.6 Å². The Morgan fingerprint density at radius 3 is 2.35 bits per heavy atom. The van der Waals surface area contributed by atoms with Gasteiger partial charge >= 0.3 is 0 Å². The minimum absolute atomic E-state index is 0.0322. The molecule has 0 saturated carbocycles. The van der Waals surface area contributed by atoms with Crippen LogP contribution < -0.4 is 10.6 Å². The van der Waals surface area contributed by atoms with Crippen molar-refractivity contribution in [2.75, 3.05) is 6.54 Å². The van der Waals surface area contributed by atoms with Crippen LogP contribution in [0, 0.1) is 0 Å². The molecule has 26 heavy (non-hydrogen) atoms. The van der Waals surface area contributed by atoms with Gasteiger partial charge in [0.05, 0.1) is 0 Å². The number of hydrogen-bond donors (Lipinski definition) is 2. The van der Waals surface area contributed by atoms with Gasteiger partial charge in [-0.05, 0) is 56.7 Å². The molecular weight excluding hydrogens is 373 g/mol. The zero-order valence-electron chi connectivity index (χ0n) is 14.5. The quantitative estimate of drug-likeness (QED) is 0.826. The van der Waals surface area contributed by atoms with Crippen LogP contribution in [0.25, 0.3) is 0 Å². The van der Waals surface area contributed by atoms with E-state index in [4.69, 9.17) is 23.2 Å². The number of carbonyl (C=O) groups is 2. The second kappa shape index (κ2) is 7.37. The van der Waals surface area contributed by atoms with Crippen molar-refractivity contribution in [1.82, 2.24) is 15.5 Å². The Kier molecular flexibility index (Phi) is 5.13. The number of halogens is 2. The van der Waals surface area contributed by atoms with Crippen molar-refractivity contribution < 1.29 is 9.59 Å². The van der Waals surface area contributed by atoms with Gasteiger partial charge in [0.2, 0.25) is 5.91 Å². The van der Waals surface area contributed by atoms with Crippen molar-refractivity contribution in [3.8, 4) is 0 Å². The van der Waals surface area contributed by atoms with Gasteiger partial charge in [0, 0.05) is 40.3 Å². The second-order valence-electron chi connectivity index (χ2n) is 7.63. The molecule has 3 aliphatic rings. The fourth-order valence-electron chi connectivity index (χ4n) is 4.60. The molecular formula is C19H23Cl2N3O2. The van der Waals surface area contributed by atoms with Crippen molar-refractivity contribution >= 4 is 35.0 Å². The summed E-state index contributed by atoms with van der Waals surface area (Å²) in [4.78, 5) is 27.4. The summed E-state index contributed by atoms with van der Waals surface area (Å²) >= 11 is 12.0. The molecule has 5 nitrogen and oxygen atoms in total. The molecule has 0 radical (unpaired) electrons. The van der Waals surface area contributed by atoms with Crippen LogP contribution in [0.1, 0.15) is 48.9 Å². The Hall–Kier alpha value is -1.30. The average Bonchev–Trinajstić information content (AvgIpc) is 3.20. The predicted molar refractivity (Wildman–Crippen MR) is 102 cm³/mol. The van der Waals surface area contributed by atoms with E-state index < -0.39 is 6.04 Å². The van der Waals surface area contributed by atoms with E-state index in [1.165, 1.54) is 12.8 Å². The fourth-order valence-corrected chi connectivity index (χ4v) is 5.12. The molecule has 2 N–H and O–H groups in total. The number of rotatable bonds is 3. The summed E-state index contributed by atoms with van der Waals surface area (Å²) in [6, 6.07) is 5.65. The summed E-state index contributed by atoms with van der Waals surface area (Å²) < 4.78 is 0. The molecule has 0 spiro atoms. The van der Waals surface area contributed by atoms with Crippen LogP contribution in [0.4, 0.5) is 0 Å². The second-order valence-corrected chi connectivity index (χ2v) is 8.50. The van der Waals surface area contributed by atoms with E-state index in [1.807, 2.05) is 0 Å². The van der Waals surface area contributed by atoms with Crippen molar-refractivity contribution in [2.24, 2.45) is 0 Å². The van der Waals surface area contributed by atoms with Crippen molar-refractivity contribution in [3.63, 3.8) is 0 Å². The Labute approximate surface area is 163 Å². The number of amides is 2. The van der Waals surface area contributed by atoms with Gasteiger partial charge in [-0.1, -0.05) is 23.2 Å². The summed E-state index contributed by atoms with van der Waals surface area (Å²) in [5.74, 6) is -0.215. The maximum absolute atomic E-state index is 12.9. The fraction of sp³-hybridized carbons (Fsp3) is 0.579. The largest absolute Gasteiger partial charge is 0.351 e. The standard InChI is InChI=1S/C19H23Cl2N3O2/c20-12-6-11(7-13(21)8-12)19(26)24-5-1-2-17(24)18(25)23-16-9-14-3-4-15(10-16)22-14/h6-8,14-17,22H,1-5,9-10H2,(H,23,25). The molecule has 2 amide bonds. The van der Waals surface area contributed by atoms with E-state index >= 15 is 0 Å². The van der Waals surface area contributed by atoms with Crippen molar-refractivity contribution in [1.29, 1.82) is 0 Å². The molecule has 0 aromatic heterocycles. The SMILES string of the molecule is O=C(NC1CC2CCC(C1)N2)C1CCCN1C(=O)c1cc(Cl)cc(Cl)c1. The van der Waals surface area contributed by atoms with Gasteiger partial charge in [-0.15, -0.1) is 0 Å². The lowest BCUT2D eigenvalue weighted by atomic mass is 9.99. The molecule has 3 saturated heterocycles. The first-order chi connectivity index (χ1) is 12.5. The lowest BCUT2D eigenvalue weighted by molar-refractivity contribution is -0.125. The topological polar surface area (TPSA) is 61.4 Å². The number of nitrogens with zero attached hydrogens (tertiary/aromatic N) is 1. The molecule has 1 aromatic carbocycles. The summed E-state index contributed by atoms with van der Waals surface area (Å²) in [5, 5.41) is 7.62. The van der Waals surface area contributed by atoms with Gasteiger partial charge in [-0.25, -0.2) is 0 Å². The summed E-state index contributed by atoms with van der Waals surface area (Å²) in [5.41, 5.74) is 0.433. The number of nitrogens with one attached hydrogen (secondary N) is 2. The van der Waals surface area contributed by atoms with E-state index in [0.29, 0.717) is 40.7 Å². The average molecular weight is 396 g/mol. The van der Waals surface area contributed by atoms with Crippen LogP contribution >= 0.6 is 23.2 Å². The lowest BCUT2D eigenvalue weighted by Crippen LogP contribution is -2.53. The Balaban J connectivity index is 1.44. The molecule has 2 bridgehead atoms. The third-order valence-corrected chi connectivity index (χ3v) is 6.18. The van der Waals surface area contributed by atoms with Crippen LogP contribution in [0.15, 0.2) is 18.2 Å². The lowest BCUT2D eigenvalue weighted by Gasteiger charge is -2.32. The first-order valence-corrected chi connectivity index (χ1v) is 10.1. The van der Waals surface area contributed by atoms with E-state index in [9.17, 15) is 9.59 Å². The number of benzene rings is 1. The van der Waals surface area contributed by atoms with Crippen molar-refractivity contribution in [3.05, 3.63) is 33.8 Å². The minimum atomic E-state index is -0.409. The highest BCUT2D eigenvalue weighted by atomic mass is 35.5. The number of piperidine rings is 1. The van der Waals surface area contributed by atoms with Crippen LogP contribution in [-0.4, -0.2) is 47.4 Å². The van der Waals surface area contributed by atoms with Gasteiger partial charge in [0.25, 0.3) is 5.91 Å². The number of hydrogen-bond acceptors (Lipinski definition) is 3. The first-order valence-electron chi connectivity index (χ1n) is 9.33. The predicted octanol–water partition coefficient (Wildman–Crippen LogP) is 3.00. The monoisotopic (exact) mass is 395 g/mol. The van der Waals surface area contributed by atoms with Gasteiger partial charge in [0.15, 0.2) is 0 Å². The Morgan fingerprint density at radius 2 is 1.69 bits per heavy atom. The summed E-state index contributed by atoms with van der Waals surface area (Å²) in [6.45, 7) is 0.582. The first kappa shape index (κ1) is 18.1. The maximum Gasteiger partial charge on any atom is 0.254 e. The number of carbonyl (C=O) groups excluding carboxylic acids is 2. The summed E-state index contributed by atoms with van der Waals surface area (Å²) in [6.07, 6.45) is 5.88. The van der Waals surface area contributed by atoms with Crippen LogP contribution in [0.2, 0.25) is 10.0 Å². The zero-order chi connectivity index (χ0) is 18.3. The van der Waals surface area contributed by atoms with Gasteiger partial charge in [-0.3, -0.25) is 9.59 Å². The highest BCUT2D eigenvalue weighted by Crippen LogP contribution is 2.28. The maximum atomic E-state index is 12.9. The number of fused-ring (bicyclic) bond motifs is 2. The zero-order valence-corrected chi connectivity index (χ0v) is 16.0.